The topological polar surface area (TPSA) is 12.0 Å². The number of nitrogens with one attached hydrogen (secondary N) is 1. The molecular formula is C18H15BrClN. The summed E-state index contributed by atoms with van der Waals surface area (Å²) in [6.45, 7) is 0. The molecule has 1 aliphatic carbocycles. The zero-order valence-electron chi connectivity index (χ0n) is 11.4. The van der Waals surface area contributed by atoms with Crippen molar-refractivity contribution >= 4 is 33.2 Å². The third kappa shape index (κ3) is 2.31. The molecule has 1 N–H and O–H groups in total. The molecule has 2 aromatic carbocycles. The summed E-state index contributed by atoms with van der Waals surface area (Å²) in [6.07, 6.45) is 5.75. The maximum atomic E-state index is 6.18. The molecule has 2 aromatic rings. The Balaban J connectivity index is 1.80. The largest absolute Gasteiger partial charge is 0.378 e. The Bertz CT molecular complexity index is 725. The highest BCUT2D eigenvalue weighted by Crippen LogP contribution is 2.50. The fourth-order valence-corrected chi connectivity index (χ4v) is 4.19. The summed E-state index contributed by atoms with van der Waals surface area (Å²) < 4.78 is 1.13. The summed E-state index contributed by atoms with van der Waals surface area (Å²) in [4.78, 5) is 0. The molecule has 3 atom stereocenters. The van der Waals surface area contributed by atoms with Gasteiger partial charge in [-0.15, -0.1) is 0 Å². The van der Waals surface area contributed by atoms with Gasteiger partial charge in [0.25, 0.3) is 0 Å². The van der Waals surface area contributed by atoms with E-state index in [0.29, 0.717) is 17.9 Å². The Morgan fingerprint density at radius 3 is 2.90 bits per heavy atom. The molecule has 0 aromatic heterocycles. The quantitative estimate of drug-likeness (QED) is 0.622. The van der Waals surface area contributed by atoms with Crippen LogP contribution in [0, 0.1) is 5.92 Å². The molecule has 1 aliphatic heterocycles. The number of anilines is 1. The molecule has 0 amide bonds. The lowest BCUT2D eigenvalue weighted by Crippen LogP contribution is -2.29. The van der Waals surface area contributed by atoms with Crippen molar-refractivity contribution in [3.05, 3.63) is 75.2 Å². The molecule has 3 heteroatoms. The van der Waals surface area contributed by atoms with E-state index < -0.39 is 0 Å². The number of hydrogen-bond donors (Lipinski definition) is 1. The van der Waals surface area contributed by atoms with Gasteiger partial charge in [-0.25, -0.2) is 0 Å². The molecule has 0 fully saturated rings. The highest BCUT2D eigenvalue weighted by molar-refractivity contribution is 9.10. The molecule has 21 heavy (non-hydrogen) atoms. The second kappa shape index (κ2) is 5.19. The van der Waals surface area contributed by atoms with E-state index in [2.05, 4.69) is 69.8 Å². The van der Waals surface area contributed by atoms with Crippen LogP contribution in [0.15, 0.2) is 59.1 Å². The van der Waals surface area contributed by atoms with Crippen molar-refractivity contribution in [2.24, 2.45) is 5.92 Å². The molecule has 0 radical (unpaired) electrons. The summed E-state index contributed by atoms with van der Waals surface area (Å²) in [5.74, 6) is 1.02. The van der Waals surface area contributed by atoms with E-state index >= 15 is 0 Å². The molecule has 0 saturated carbocycles. The highest BCUT2D eigenvalue weighted by Gasteiger charge is 2.37. The minimum Gasteiger partial charge on any atom is -0.378 e. The van der Waals surface area contributed by atoms with E-state index in [-0.39, 0.29) is 0 Å². The fraction of sp³-hybridized carbons (Fsp3) is 0.222. The van der Waals surface area contributed by atoms with E-state index in [1.807, 2.05) is 6.07 Å². The third-order valence-corrected chi connectivity index (χ3v) is 5.26. The van der Waals surface area contributed by atoms with Crippen molar-refractivity contribution in [2.45, 2.75) is 18.4 Å². The summed E-state index contributed by atoms with van der Waals surface area (Å²) in [5.41, 5.74) is 3.87. The van der Waals surface area contributed by atoms with Crippen LogP contribution in [0.2, 0.25) is 5.02 Å². The summed E-state index contributed by atoms with van der Waals surface area (Å²) in [7, 11) is 0. The van der Waals surface area contributed by atoms with Gasteiger partial charge in [0.15, 0.2) is 0 Å². The van der Waals surface area contributed by atoms with Gasteiger partial charge in [0.05, 0.1) is 6.04 Å². The Labute approximate surface area is 138 Å². The fourth-order valence-electron chi connectivity index (χ4n) is 3.60. The number of fused-ring (bicyclic) bond motifs is 3. The molecular weight excluding hydrogens is 346 g/mol. The molecule has 4 rings (SSSR count). The van der Waals surface area contributed by atoms with Gasteiger partial charge in [-0.1, -0.05) is 51.8 Å². The number of benzene rings is 2. The van der Waals surface area contributed by atoms with Gasteiger partial charge in [-0.2, -0.15) is 0 Å². The first kappa shape index (κ1) is 13.4. The van der Waals surface area contributed by atoms with Gasteiger partial charge in [-0.05, 0) is 53.8 Å². The maximum absolute atomic E-state index is 6.18. The first-order valence-electron chi connectivity index (χ1n) is 7.20. The Morgan fingerprint density at radius 1 is 1.14 bits per heavy atom. The van der Waals surface area contributed by atoms with Crippen LogP contribution in [0.1, 0.15) is 29.5 Å². The van der Waals surface area contributed by atoms with E-state index in [0.717, 1.165) is 15.9 Å². The number of halogens is 2. The van der Waals surface area contributed by atoms with Crippen LogP contribution in [0.3, 0.4) is 0 Å². The van der Waals surface area contributed by atoms with Gasteiger partial charge in [0.1, 0.15) is 0 Å². The standard InChI is InChI=1S/C18H15BrClN/c19-12-4-1-3-11(9-12)18-15-6-2-5-14(15)16-10-13(20)7-8-17(16)21-18/h1-5,7-10,14-15,18,21H,6H2/t14-,15-,18-/m0/s1. The minimum absolute atomic E-state index is 0.344. The van der Waals surface area contributed by atoms with Crippen LogP contribution in [0.4, 0.5) is 5.69 Å². The van der Waals surface area contributed by atoms with Crippen LogP contribution in [-0.4, -0.2) is 0 Å². The van der Waals surface area contributed by atoms with Crippen LogP contribution in [0.25, 0.3) is 0 Å². The van der Waals surface area contributed by atoms with E-state index in [9.17, 15) is 0 Å². The molecule has 0 spiro atoms. The predicted octanol–water partition coefficient (Wildman–Crippen LogP) is 5.93. The van der Waals surface area contributed by atoms with Crippen molar-refractivity contribution in [2.75, 3.05) is 5.32 Å². The van der Waals surface area contributed by atoms with Crippen LogP contribution in [0.5, 0.6) is 0 Å². The highest BCUT2D eigenvalue weighted by atomic mass is 79.9. The van der Waals surface area contributed by atoms with Crippen LogP contribution >= 0.6 is 27.5 Å². The summed E-state index contributed by atoms with van der Waals surface area (Å²) in [5, 5.41) is 4.53. The van der Waals surface area contributed by atoms with Gasteiger partial charge in [-0.3, -0.25) is 0 Å². The van der Waals surface area contributed by atoms with Gasteiger partial charge < -0.3 is 5.32 Å². The number of hydrogen-bond acceptors (Lipinski definition) is 1. The van der Waals surface area contributed by atoms with Crippen LogP contribution in [-0.2, 0) is 0 Å². The monoisotopic (exact) mass is 359 g/mol. The summed E-state index contributed by atoms with van der Waals surface area (Å²) in [6, 6.07) is 15.1. The molecule has 0 unspecified atom stereocenters. The molecule has 0 bridgehead atoms. The van der Waals surface area contributed by atoms with Crippen molar-refractivity contribution in [3.63, 3.8) is 0 Å². The van der Waals surface area contributed by atoms with Crippen LogP contribution < -0.4 is 5.32 Å². The van der Waals surface area contributed by atoms with Gasteiger partial charge in [0, 0.05) is 21.1 Å². The van der Waals surface area contributed by atoms with E-state index in [1.165, 1.54) is 16.8 Å². The molecule has 106 valence electrons. The van der Waals surface area contributed by atoms with Crippen molar-refractivity contribution in [1.82, 2.24) is 0 Å². The first-order chi connectivity index (χ1) is 10.2. The second-order valence-corrected chi connectivity index (χ2v) is 7.11. The van der Waals surface area contributed by atoms with E-state index in [4.69, 9.17) is 11.6 Å². The second-order valence-electron chi connectivity index (χ2n) is 5.76. The molecule has 0 saturated heterocycles. The lowest BCUT2D eigenvalue weighted by Gasteiger charge is -2.37. The zero-order chi connectivity index (χ0) is 14.4. The van der Waals surface area contributed by atoms with Crippen molar-refractivity contribution < 1.29 is 0 Å². The van der Waals surface area contributed by atoms with Crippen molar-refractivity contribution in [1.29, 1.82) is 0 Å². The summed E-state index contributed by atoms with van der Waals surface area (Å²) >= 11 is 9.76. The van der Waals surface area contributed by atoms with Crippen molar-refractivity contribution in [3.8, 4) is 0 Å². The molecule has 1 nitrogen and oxygen atoms in total. The predicted molar refractivity (Wildman–Crippen MR) is 91.9 cm³/mol. The molecule has 2 aliphatic rings. The Morgan fingerprint density at radius 2 is 2.05 bits per heavy atom. The normalized spacial score (nSPS) is 26.1. The zero-order valence-corrected chi connectivity index (χ0v) is 13.7. The smallest absolute Gasteiger partial charge is 0.0554 e. The first-order valence-corrected chi connectivity index (χ1v) is 8.37. The Kier molecular flexibility index (Phi) is 3.31. The van der Waals surface area contributed by atoms with Gasteiger partial charge in [0.2, 0.25) is 0 Å². The lowest BCUT2D eigenvalue weighted by atomic mass is 9.77. The minimum atomic E-state index is 0.344. The van der Waals surface area contributed by atoms with E-state index in [1.54, 1.807) is 0 Å². The van der Waals surface area contributed by atoms with Gasteiger partial charge >= 0.3 is 0 Å². The third-order valence-electron chi connectivity index (χ3n) is 4.53. The lowest BCUT2D eigenvalue weighted by molar-refractivity contribution is 0.425. The number of rotatable bonds is 1. The number of allylic oxidation sites excluding steroid dienone is 2. The average molecular weight is 361 g/mol. The SMILES string of the molecule is Clc1ccc2c(c1)[C@H]1C=CC[C@@H]1[C@H](c1cccc(Br)c1)N2. The Hall–Kier alpha value is -1.25. The maximum Gasteiger partial charge on any atom is 0.0554 e. The average Bonchev–Trinajstić information content (AvgIpc) is 2.96. The molecule has 1 heterocycles.